The van der Waals surface area contributed by atoms with E-state index < -0.39 is 23.6 Å². The third kappa shape index (κ3) is 4.42. The van der Waals surface area contributed by atoms with E-state index in [1.165, 1.54) is 42.8 Å². The molecule has 0 spiro atoms. The highest BCUT2D eigenvalue weighted by Crippen LogP contribution is 2.33. The number of nitrogens with zero attached hydrogens (tertiary/aromatic N) is 4. The average molecular weight is 462 g/mol. The summed E-state index contributed by atoms with van der Waals surface area (Å²) in [6.45, 7) is 1.25. The van der Waals surface area contributed by atoms with Gasteiger partial charge in [-0.25, -0.2) is 15.0 Å². The smallest absolute Gasteiger partial charge is 0.351 e. The van der Waals surface area contributed by atoms with Crippen LogP contribution in [0.4, 0.5) is 18.9 Å². The first-order valence-corrected chi connectivity index (χ1v) is 9.87. The lowest BCUT2D eigenvalue weighted by Crippen LogP contribution is -2.24. The molecule has 3 heterocycles. The number of nitrogens with one attached hydrogen (secondary N) is 2. The Labute approximate surface area is 181 Å². The standard InChI is InChI=1S/C19H13F3N6O3S/c1-9-2-3-10(4-12(9)19(20,21)22)27-16(29)13-5-11(28-31-13)6-23-17(30)14-15-18(25-7-24-14)32-8-26-15/h2-5,7-8H,6H2,1H3,(H,23,30)(H,27,29). The summed E-state index contributed by atoms with van der Waals surface area (Å²) in [5, 5.41) is 8.61. The quantitative estimate of drug-likeness (QED) is 0.465. The van der Waals surface area contributed by atoms with Gasteiger partial charge in [0.25, 0.3) is 11.8 Å². The minimum Gasteiger partial charge on any atom is -0.351 e. The molecule has 1 aromatic carbocycles. The maximum Gasteiger partial charge on any atom is 0.416 e. The fourth-order valence-corrected chi connectivity index (χ4v) is 3.44. The van der Waals surface area contributed by atoms with E-state index in [4.69, 9.17) is 4.52 Å². The Morgan fingerprint density at radius 1 is 1.12 bits per heavy atom. The van der Waals surface area contributed by atoms with Crippen molar-refractivity contribution >= 4 is 39.2 Å². The molecule has 4 aromatic rings. The molecule has 0 atom stereocenters. The van der Waals surface area contributed by atoms with Crippen LogP contribution in [-0.4, -0.2) is 31.9 Å². The van der Waals surface area contributed by atoms with Crippen LogP contribution >= 0.6 is 11.3 Å². The summed E-state index contributed by atoms with van der Waals surface area (Å²) in [6, 6.07) is 4.71. The molecule has 2 amide bonds. The number of carbonyl (C=O) groups excluding carboxylic acids is 2. The van der Waals surface area contributed by atoms with Gasteiger partial charge in [-0.05, 0) is 24.6 Å². The summed E-state index contributed by atoms with van der Waals surface area (Å²) < 4.78 is 44.1. The summed E-state index contributed by atoms with van der Waals surface area (Å²) in [6.07, 6.45) is -3.29. The van der Waals surface area contributed by atoms with E-state index in [9.17, 15) is 22.8 Å². The molecule has 0 saturated carbocycles. The number of carbonyl (C=O) groups is 2. The molecular weight excluding hydrogens is 449 g/mol. The maximum absolute atomic E-state index is 13.0. The zero-order valence-corrected chi connectivity index (χ0v) is 17.0. The van der Waals surface area contributed by atoms with E-state index >= 15 is 0 Å². The van der Waals surface area contributed by atoms with E-state index in [0.29, 0.717) is 10.3 Å². The Morgan fingerprint density at radius 3 is 2.72 bits per heavy atom. The number of hydrogen-bond acceptors (Lipinski definition) is 8. The van der Waals surface area contributed by atoms with Crippen LogP contribution in [-0.2, 0) is 12.7 Å². The van der Waals surface area contributed by atoms with Gasteiger partial charge in [-0.2, -0.15) is 13.2 Å². The number of hydrogen-bond donors (Lipinski definition) is 2. The van der Waals surface area contributed by atoms with Gasteiger partial charge in [-0.3, -0.25) is 9.59 Å². The highest BCUT2D eigenvalue weighted by atomic mass is 32.1. The largest absolute Gasteiger partial charge is 0.416 e. The van der Waals surface area contributed by atoms with Crippen molar-refractivity contribution in [1.82, 2.24) is 25.4 Å². The van der Waals surface area contributed by atoms with Gasteiger partial charge in [0.15, 0.2) is 5.69 Å². The van der Waals surface area contributed by atoms with Crippen molar-refractivity contribution < 1.29 is 27.3 Å². The predicted molar refractivity (Wildman–Crippen MR) is 107 cm³/mol. The Bertz CT molecular complexity index is 1320. The van der Waals surface area contributed by atoms with Gasteiger partial charge in [-0.1, -0.05) is 11.2 Å². The fraction of sp³-hybridized carbons (Fsp3) is 0.158. The summed E-state index contributed by atoms with van der Waals surface area (Å²) in [4.78, 5) is 37.3. The zero-order chi connectivity index (χ0) is 22.9. The fourth-order valence-electron chi connectivity index (χ4n) is 2.81. The number of anilines is 1. The number of rotatable bonds is 5. The molecule has 0 aliphatic rings. The van der Waals surface area contributed by atoms with E-state index in [0.717, 1.165) is 6.07 Å². The van der Waals surface area contributed by atoms with Crippen molar-refractivity contribution in [3.8, 4) is 0 Å². The normalized spacial score (nSPS) is 11.5. The number of halogens is 3. The summed E-state index contributed by atoms with van der Waals surface area (Å²) in [5.41, 5.74) is 1.37. The first kappa shape index (κ1) is 21.4. The molecule has 3 aromatic heterocycles. The number of alkyl halides is 3. The van der Waals surface area contributed by atoms with Crippen molar-refractivity contribution in [3.63, 3.8) is 0 Å². The van der Waals surface area contributed by atoms with Crippen LogP contribution < -0.4 is 10.6 Å². The average Bonchev–Trinajstić information content (AvgIpc) is 3.42. The van der Waals surface area contributed by atoms with E-state index in [-0.39, 0.29) is 34.9 Å². The minimum absolute atomic E-state index is 0.0341. The Hall–Kier alpha value is -3.87. The Morgan fingerprint density at radius 2 is 1.94 bits per heavy atom. The lowest BCUT2D eigenvalue weighted by atomic mass is 10.1. The third-order valence-electron chi connectivity index (χ3n) is 4.36. The van der Waals surface area contributed by atoms with Gasteiger partial charge in [-0.15, -0.1) is 11.3 Å². The number of thiazole rings is 1. The highest BCUT2D eigenvalue weighted by Gasteiger charge is 2.32. The SMILES string of the molecule is Cc1ccc(NC(=O)c2cc(CNC(=O)c3ncnc4scnc34)no2)cc1C(F)(F)F. The van der Waals surface area contributed by atoms with Crippen LogP contribution in [0.5, 0.6) is 0 Å². The molecule has 0 unspecified atom stereocenters. The molecule has 0 saturated heterocycles. The second-order valence-corrected chi connectivity index (χ2v) is 7.41. The van der Waals surface area contributed by atoms with Crippen LogP contribution in [0.25, 0.3) is 10.3 Å². The summed E-state index contributed by atoms with van der Waals surface area (Å²) in [5.74, 6) is -1.53. The second kappa shape index (κ2) is 8.34. The van der Waals surface area contributed by atoms with Gasteiger partial charge in [0.2, 0.25) is 5.76 Å². The highest BCUT2D eigenvalue weighted by molar-refractivity contribution is 7.16. The molecule has 13 heteroatoms. The lowest BCUT2D eigenvalue weighted by molar-refractivity contribution is -0.138. The number of aromatic nitrogens is 4. The molecular formula is C19H13F3N6O3S. The molecule has 2 N–H and O–H groups in total. The van der Waals surface area contributed by atoms with E-state index in [1.807, 2.05) is 0 Å². The van der Waals surface area contributed by atoms with Crippen molar-refractivity contribution in [2.24, 2.45) is 0 Å². The van der Waals surface area contributed by atoms with Gasteiger partial charge in [0.1, 0.15) is 22.4 Å². The molecule has 0 radical (unpaired) electrons. The number of amides is 2. The number of benzene rings is 1. The number of aryl methyl sites for hydroxylation is 1. The third-order valence-corrected chi connectivity index (χ3v) is 5.10. The molecule has 32 heavy (non-hydrogen) atoms. The Kier molecular flexibility index (Phi) is 5.57. The van der Waals surface area contributed by atoms with Crippen LogP contribution in [0.3, 0.4) is 0 Å². The number of fused-ring (bicyclic) bond motifs is 1. The van der Waals surface area contributed by atoms with Crippen LogP contribution in [0.1, 0.15) is 37.9 Å². The van der Waals surface area contributed by atoms with Gasteiger partial charge < -0.3 is 15.2 Å². The Balaban J connectivity index is 1.41. The topological polar surface area (TPSA) is 123 Å². The maximum atomic E-state index is 13.0. The van der Waals surface area contributed by atoms with Crippen LogP contribution in [0.15, 0.2) is 40.6 Å². The summed E-state index contributed by atoms with van der Waals surface area (Å²) in [7, 11) is 0. The first-order chi connectivity index (χ1) is 15.2. The van der Waals surface area contributed by atoms with Gasteiger partial charge in [0, 0.05) is 11.8 Å². The lowest BCUT2D eigenvalue weighted by Gasteiger charge is -2.12. The predicted octanol–water partition coefficient (Wildman–Crippen LogP) is 3.58. The second-order valence-electron chi connectivity index (χ2n) is 6.58. The van der Waals surface area contributed by atoms with Crippen LogP contribution in [0.2, 0.25) is 0 Å². The molecule has 0 fully saturated rings. The molecule has 4 rings (SSSR count). The monoisotopic (exact) mass is 462 g/mol. The zero-order valence-electron chi connectivity index (χ0n) is 16.2. The molecule has 0 aliphatic heterocycles. The van der Waals surface area contributed by atoms with Crippen molar-refractivity contribution in [3.05, 3.63) is 64.4 Å². The summed E-state index contributed by atoms with van der Waals surface area (Å²) >= 11 is 1.27. The first-order valence-electron chi connectivity index (χ1n) is 8.99. The van der Waals surface area contributed by atoms with Crippen molar-refractivity contribution in [2.75, 3.05) is 5.32 Å². The van der Waals surface area contributed by atoms with Crippen molar-refractivity contribution in [2.45, 2.75) is 19.6 Å². The van der Waals surface area contributed by atoms with Gasteiger partial charge >= 0.3 is 6.18 Å². The van der Waals surface area contributed by atoms with E-state index in [2.05, 4.69) is 30.7 Å². The van der Waals surface area contributed by atoms with Crippen LogP contribution in [0, 0.1) is 6.92 Å². The van der Waals surface area contributed by atoms with Crippen molar-refractivity contribution in [1.29, 1.82) is 0 Å². The minimum atomic E-state index is -4.55. The molecule has 164 valence electrons. The molecule has 9 nitrogen and oxygen atoms in total. The van der Waals surface area contributed by atoms with Gasteiger partial charge in [0.05, 0.1) is 17.6 Å². The molecule has 0 aliphatic carbocycles. The van der Waals surface area contributed by atoms with E-state index in [1.54, 1.807) is 5.51 Å². The molecule has 0 bridgehead atoms.